The van der Waals surface area contributed by atoms with Gasteiger partial charge in [0.2, 0.25) is 0 Å². The van der Waals surface area contributed by atoms with Crippen LogP contribution in [0.3, 0.4) is 0 Å². The van der Waals surface area contributed by atoms with Crippen LogP contribution in [0.1, 0.15) is 18.1 Å². The van der Waals surface area contributed by atoms with Crippen molar-refractivity contribution in [3.63, 3.8) is 0 Å². The second-order valence-electron chi connectivity index (χ2n) is 6.38. The van der Waals surface area contributed by atoms with Gasteiger partial charge in [-0.05, 0) is 43.2 Å². The van der Waals surface area contributed by atoms with Crippen molar-refractivity contribution in [2.75, 3.05) is 6.61 Å². The van der Waals surface area contributed by atoms with Crippen LogP contribution in [0.25, 0.3) is 16.3 Å². The van der Waals surface area contributed by atoms with Gasteiger partial charge < -0.3 is 9.30 Å². The van der Waals surface area contributed by atoms with E-state index in [9.17, 15) is 19.7 Å². The van der Waals surface area contributed by atoms with E-state index in [2.05, 4.69) is 4.99 Å². The maximum atomic E-state index is 12.4. The maximum absolute atomic E-state index is 12.4. The van der Waals surface area contributed by atoms with Crippen LogP contribution >= 0.6 is 11.3 Å². The lowest BCUT2D eigenvalue weighted by molar-refractivity contribution is -0.384. The Hall–Kier alpha value is -3.59. The molecule has 0 aliphatic heterocycles. The number of nitrogens with zero attached hydrogens (tertiary/aromatic N) is 3. The van der Waals surface area contributed by atoms with Crippen molar-refractivity contribution in [1.29, 1.82) is 0 Å². The van der Waals surface area contributed by atoms with Gasteiger partial charge in [-0.25, -0.2) is 0 Å². The van der Waals surface area contributed by atoms with Crippen molar-refractivity contribution in [3.8, 4) is 0 Å². The van der Waals surface area contributed by atoms with Gasteiger partial charge in [0.1, 0.15) is 6.54 Å². The second kappa shape index (κ2) is 9.27. The summed E-state index contributed by atoms with van der Waals surface area (Å²) in [5.41, 5.74) is 2.29. The first-order valence-corrected chi connectivity index (χ1v) is 9.96. The number of nitro groups is 1. The largest absolute Gasteiger partial charge is 0.465 e. The van der Waals surface area contributed by atoms with E-state index in [0.29, 0.717) is 10.4 Å². The molecule has 0 aliphatic rings. The van der Waals surface area contributed by atoms with Gasteiger partial charge in [-0.3, -0.25) is 19.7 Å². The van der Waals surface area contributed by atoms with E-state index in [1.165, 1.54) is 35.6 Å². The number of aromatic nitrogens is 1. The van der Waals surface area contributed by atoms with Crippen LogP contribution in [-0.2, 0) is 20.9 Å². The molecule has 1 amide bonds. The topological polar surface area (TPSA) is 104 Å². The Morgan fingerprint density at radius 3 is 2.80 bits per heavy atom. The van der Waals surface area contributed by atoms with Crippen LogP contribution in [0.4, 0.5) is 5.69 Å². The van der Waals surface area contributed by atoms with Crippen molar-refractivity contribution in [3.05, 3.63) is 74.6 Å². The monoisotopic (exact) mass is 425 g/mol. The zero-order valence-corrected chi connectivity index (χ0v) is 17.2. The predicted octanol–water partition coefficient (Wildman–Crippen LogP) is 3.62. The molecule has 0 aliphatic carbocycles. The summed E-state index contributed by atoms with van der Waals surface area (Å²) < 4.78 is 7.58. The average molecular weight is 425 g/mol. The number of non-ortho nitro benzene ring substituents is 1. The summed E-state index contributed by atoms with van der Waals surface area (Å²) >= 11 is 1.30. The van der Waals surface area contributed by atoms with E-state index in [1.807, 2.05) is 25.1 Å². The Balaban J connectivity index is 1.95. The van der Waals surface area contributed by atoms with Crippen LogP contribution < -0.4 is 4.80 Å². The number of rotatable bonds is 6. The Labute approximate surface area is 175 Å². The molecule has 0 fully saturated rings. The standard InChI is InChI=1S/C21H19N3O5S/c1-3-29-20(26)13-23-17-9-7-14(2)11-18(17)30-21(23)22-19(25)10-8-15-5-4-6-16(12-15)24(27)28/h4-12H,3,13H2,1-2H3. The molecule has 30 heavy (non-hydrogen) atoms. The van der Waals surface area contributed by atoms with Crippen LogP contribution in [0.15, 0.2) is 53.5 Å². The maximum Gasteiger partial charge on any atom is 0.326 e. The Kier molecular flexibility index (Phi) is 6.53. The first-order valence-electron chi connectivity index (χ1n) is 9.14. The highest BCUT2D eigenvalue weighted by Crippen LogP contribution is 2.19. The van der Waals surface area contributed by atoms with Gasteiger partial charge in [-0.2, -0.15) is 4.99 Å². The fourth-order valence-corrected chi connectivity index (χ4v) is 3.93. The summed E-state index contributed by atoms with van der Waals surface area (Å²) in [5, 5.41) is 10.9. The molecule has 0 bridgehead atoms. The zero-order chi connectivity index (χ0) is 21.7. The summed E-state index contributed by atoms with van der Waals surface area (Å²) in [6, 6.07) is 11.7. The third kappa shape index (κ3) is 5.06. The molecule has 0 saturated heterocycles. The number of esters is 1. The number of ether oxygens (including phenoxy) is 1. The normalized spacial score (nSPS) is 11.9. The first-order chi connectivity index (χ1) is 14.4. The molecular formula is C21H19N3O5S. The molecular weight excluding hydrogens is 406 g/mol. The summed E-state index contributed by atoms with van der Waals surface area (Å²) in [7, 11) is 0. The number of carbonyl (C=O) groups excluding carboxylic acids is 2. The summed E-state index contributed by atoms with van der Waals surface area (Å²) in [4.78, 5) is 39.3. The highest BCUT2D eigenvalue weighted by atomic mass is 32.1. The van der Waals surface area contributed by atoms with E-state index in [-0.39, 0.29) is 18.8 Å². The van der Waals surface area contributed by atoms with Gasteiger partial charge in [-0.1, -0.05) is 29.5 Å². The number of carbonyl (C=O) groups is 2. The Bertz CT molecular complexity index is 1220. The molecule has 9 heteroatoms. The highest BCUT2D eigenvalue weighted by Gasteiger charge is 2.12. The van der Waals surface area contributed by atoms with Gasteiger partial charge in [0.25, 0.3) is 11.6 Å². The lowest BCUT2D eigenvalue weighted by atomic mass is 10.2. The number of benzene rings is 2. The number of nitro benzene ring substituents is 1. The van der Waals surface area contributed by atoms with E-state index < -0.39 is 16.8 Å². The third-order valence-corrected chi connectivity index (χ3v) is 5.18. The average Bonchev–Trinajstić information content (AvgIpc) is 3.02. The van der Waals surface area contributed by atoms with Gasteiger partial charge in [0, 0.05) is 18.2 Å². The van der Waals surface area contributed by atoms with Gasteiger partial charge in [0.05, 0.1) is 21.7 Å². The van der Waals surface area contributed by atoms with Crippen LogP contribution in [0.5, 0.6) is 0 Å². The molecule has 0 spiro atoms. The number of amides is 1. The van der Waals surface area contributed by atoms with E-state index in [1.54, 1.807) is 23.6 Å². The predicted molar refractivity (Wildman–Crippen MR) is 114 cm³/mol. The van der Waals surface area contributed by atoms with E-state index in [4.69, 9.17) is 4.74 Å². The first kappa shape index (κ1) is 21.1. The number of fused-ring (bicyclic) bond motifs is 1. The van der Waals surface area contributed by atoms with Gasteiger partial charge in [-0.15, -0.1) is 0 Å². The number of thiazole rings is 1. The molecule has 2 aromatic carbocycles. The molecule has 0 N–H and O–H groups in total. The molecule has 154 valence electrons. The number of aryl methyl sites for hydroxylation is 1. The van der Waals surface area contributed by atoms with E-state index in [0.717, 1.165) is 15.8 Å². The number of hydrogen-bond donors (Lipinski definition) is 0. The lowest BCUT2D eigenvalue weighted by Gasteiger charge is -2.05. The second-order valence-corrected chi connectivity index (χ2v) is 7.39. The minimum absolute atomic E-state index is 0.0579. The fraction of sp³-hybridized carbons (Fsp3) is 0.190. The molecule has 0 saturated carbocycles. The van der Waals surface area contributed by atoms with Crippen molar-refractivity contribution >= 4 is 45.2 Å². The van der Waals surface area contributed by atoms with Crippen LogP contribution in [0, 0.1) is 17.0 Å². The molecule has 1 aromatic heterocycles. The quantitative estimate of drug-likeness (QED) is 0.260. The Morgan fingerprint density at radius 1 is 1.27 bits per heavy atom. The zero-order valence-electron chi connectivity index (χ0n) is 16.4. The van der Waals surface area contributed by atoms with Crippen molar-refractivity contribution in [2.45, 2.75) is 20.4 Å². The third-order valence-electron chi connectivity index (χ3n) is 4.14. The highest BCUT2D eigenvalue weighted by molar-refractivity contribution is 7.16. The fourth-order valence-electron chi connectivity index (χ4n) is 2.80. The van der Waals surface area contributed by atoms with Crippen LogP contribution in [0.2, 0.25) is 0 Å². The SMILES string of the molecule is CCOC(=O)Cn1c(=NC(=O)C=Cc2cccc([N+](=O)[O-])c2)sc2cc(C)ccc21. The van der Waals surface area contributed by atoms with Crippen molar-refractivity contribution < 1.29 is 19.2 Å². The minimum Gasteiger partial charge on any atom is -0.465 e. The van der Waals surface area contributed by atoms with Crippen LogP contribution in [-0.4, -0.2) is 28.0 Å². The summed E-state index contributed by atoms with van der Waals surface area (Å²) in [6.45, 7) is 3.89. The molecule has 0 radical (unpaired) electrons. The molecule has 3 rings (SSSR count). The molecule has 1 heterocycles. The minimum atomic E-state index is -0.539. The summed E-state index contributed by atoms with van der Waals surface area (Å²) in [6.07, 6.45) is 2.70. The molecule has 0 atom stereocenters. The molecule has 0 unspecified atom stereocenters. The lowest BCUT2D eigenvalue weighted by Crippen LogP contribution is -2.22. The van der Waals surface area contributed by atoms with Gasteiger partial charge in [0.15, 0.2) is 4.80 Å². The van der Waals surface area contributed by atoms with Crippen molar-refractivity contribution in [1.82, 2.24) is 4.57 Å². The van der Waals surface area contributed by atoms with Crippen molar-refractivity contribution in [2.24, 2.45) is 4.99 Å². The van der Waals surface area contributed by atoms with E-state index >= 15 is 0 Å². The number of hydrogen-bond acceptors (Lipinski definition) is 6. The Morgan fingerprint density at radius 2 is 2.07 bits per heavy atom. The smallest absolute Gasteiger partial charge is 0.326 e. The van der Waals surface area contributed by atoms with Gasteiger partial charge >= 0.3 is 5.97 Å². The summed E-state index contributed by atoms with van der Waals surface area (Å²) in [5.74, 6) is -0.957. The molecule has 8 nitrogen and oxygen atoms in total. The molecule has 3 aromatic rings.